The molecule has 0 spiro atoms. The molecule has 0 nitrogen and oxygen atoms in total. The van der Waals surface area contributed by atoms with Gasteiger partial charge in [0.2, 0.25) is 0 Å². The van der Waals surface area contributed by atoms with Gasteiger partial charge >= 0.3 is 0 Å². The van der Waals surface area contributed by atoms with Gasteiger partial charge in [0.05, 0.1) is 0 Å². The van der Waals surface area contributed by atoms with Crippen LogP contribution in [0.5, 0.6) is 0 Å². The predicted octanol–water partition coefficient (Wildman–Crippen LogP) is 7.76. The normalized spacial score (nSPS) is 21.7. The maximum absolute atomic E-state index is 2.49. The zero-order valence-electron chi connectivity index (χ0n) is 15.6. The summed E-state index contributed by atoms with van der Waals surface area (Å²) in [5.74, 6) is 2.16. The van der Waals surface area contributed by atoms with Crippen molar-refractivity contribution < 1.29 is 0 Å². The van der Waals surface area contributed by atoms with E-state index in [0.717, 1.165) is 11.8 Å². The van der Waals surface area contributed by atoms with Gasteiger partial charge in [-0.25, -0.2) is 0 Å². The summed E-state index contributed by atoms with van der Waals surface area (Å²) >= 11 is 0. The standard InChI is InChI=1S/C21H42/c1-5-6-7-8-9-10-13-16-21(3,4)17-14-11-12-15-20-18-19(20)2/h19-20H,5-18H2,1-4H3. The predicted molar refractivity (Wildman–Crippen MR) is 96.7 cm³/mol. The topological polar surface area (TPSA) is 0 Å². The lowest BCUT2D eigenvalue weighted by molar-refractivity contribution is 0.281. The van der Waals surface area contributed by atoms with Gasteiger partial charge in [-0.05, 0) is 36.5 Å². The van der Waals surface area contributed by atoms with E-state index in [4.69, 9.17) is 0 Å². The van der Waals surface area contributed by atoms with Gasteiger partial charge in [0, 0.05) is 0 Å². The monoisotopic (exact) mass is 294 g/mol. The Bertz CT molecular complexity index is 240. The van der Waals surface area contributed by atoms with Crippen molar-refractivity contribution in [1.29, 1.82) is 0 Å². The number of unbranched alkanes of at least 4 members (excludes halogenated alkanes) is 8. The molecule has 0 radical (unpaired) electrons. The van der Waals surface area contributed by atoms with Crippen LogP contribution in [0.4, 0.5) is 0 Å². The number of hydrogen-bond acceptors (Lipinski definition) is 0. The summed E-state index contributed by atoms with van der Waals surface area (Å²) in [5, 5.41) is 0. The highest BCUT2D eigenvalue weighted by Crippen LogP contribution is 2.41. The van der Waals surface area contributed by atoms with Crippen molar-refractivity contribution in [2.45, 2.75) is 118 Å². The molecule has 1 saturated carbocycles. The maximum Gasteiger partial charge on any atom is -0.0354 e. The third-order valence-electron chi connectivity index (χ3n) is 5.66. The molecule has 1 aliphatic carbocycles. The average Bonchev–Trinajstić information content (AvgIpc) is 3.13. The van der Waals surface area contributed by atoms with Crippen LogP contribution in [0.1, 0.15) is 118 Å². The first-order valence-electron chi connectivity index (χ1n) is 10.0. The van der Waals surface area contributed by atoms with Crippen LogP contribution in [0.25, 0.3) is 0 Å². The highest BCUT2D eigenvalue weighted by Gasteiger charge is 2.31. The fraction of sp³-hybridized carbons (Fsp3) is 1.00. The fourth-order valence-electron chi connectivity index (χ4n) is 3.67. The molecule has 2 atom stereocenters. The average molecular weight is 295 g/mol. The smallest absolute Gasteiger partial charge is 0.0354 e. The van der Waals surface area contributed by atoms with Crippen molar-refractivity contribution in [3.8, 4) is 0 Å². The lowest BCUT2D eigenvalue weighted by Crippen LogP contribution is -2.11. The van der Waals surface area contributed by atoms with Gasteiger partial charge in [-0.3, -0.25) is 0 Å². The largest absolute Gasteiger partial charge is 0.0654 e. The minimum absolute atomic E-state index is 0.594. The quantitative estimate of drug-likeness (QED) is 0.287. The lowest BCUT2D eigenvalue weighted by atomic mass is 9.81. The molecule has 1 aliphatic rings. The molecule has 0 heteroatoms. The molecule has 0 aromatic carbocycles. The van der Waals surface area contributed by atoms with Crippen LogP contribution in [-0.4, -0.2) is 0 Å². The molecule has 2 unspecified atom stereocenters. The van der Waals surface area contributed by atoms with Crippen LogP contribution in [0.15, 0.2) is 0 Å². The highest BCUT2D eigenvalue weighted by molar-refractivity contribution is 4.81. The first-order chi connectivity index (χ1) is 10.0. The van der Waals surface area contributed by atoms with Gasteiger partial charge < -0.3 is 0 Å². The van der Waals surface area contributed by atoms with E-state index in [1.54, 1.807) is 0 Å². The molecule has 0 amide bonds. The van der Waals surface area contributed by atoms with Gasteiger partial charge in [0.25, 0.3) is 0 Å². The summed E-state index contributed by atoms with van der Waals surface area (Å²) in [4.78, 5) is 0. The van der Waals surface area contributed by atoms with E-state index in [0.29, 0.717) is 5.41 Å². The van der Waals surface area contributed by atoms with Crippen LogP contribution in [-0.2, 0) is 0 Å². The van der Waals surface area contributed by atoms with Crippen molar-refractivity contribution in [3.63, 3.8) is 0 Å². The molecule has 1 fully saturated rings. The van der Waals surface area contributed by atoms with Crippen molar-refractivity contribution in [2.24, 2.45) is 17.3 Å². The molecular weight excluding hydrogens is 252 g/mol. The Morgan fingerprint density at radius 2 is 1.24 bits per heavy atom. The maximum atomic E-state index is 2.49. The zero-order valence-corrected chi connectivity index (χ0v) is 15.6. The Balaban J connectivity index is 1.87. The van der Waals surface area contributed by atoms with Crippen LogP contribution < -0.4 is 0 Å². The molecule has 1 rings (SSSR count). The van der Waals surface area contributed by atoms with E-state index in [1.807, 2.05) is 0 Å². The molecule has 0 bridgehead atoms. The molecule has 0 heterocycles. The van der Waals surface area contributed by atoms with Crippen molar-refractivity contribution in [2.75, 3.05) is 0 Å². The molecule has 0 aliphatic heterocycles. The van der Waals surface area contributed by atoms with Crippen LogP contribution in [0, 0.1) is 17.3 Å². The SMILES string of the molecule is CCCCCCCCCC(C)(C)CCCCCC1CC1C. The Kier molecular flexibility index (Phi) is 9.69. The summed E-state index contributed by atoms with van der Waals surface area (Å²) in [7, 11) is 0. The van der Waals surface area contributed by atoms with Crippen LogP contribution >= 0.6 is 0 Å². The molecule has 0 saturated heterocycles. The van der Waals surface area contributed by atoms with Crippen molar-refractivity contribution in [3.05, 3.63) is 0 Å². The minimum atomic E-state index is 0.594. The second kappa shape index (κ2) is 10.7. The van der Waals surface area contributed by atoms with Gasteiger partial charge in [-0.15, -0.1) is 0 Å². The van der Waals surface area contributed by atoms with E-state index in [-0.39, 0.29) is 0 Å². The van der Waals surface area contributed by atoms with Crippen molar-refractivity contribution >= 4 is 0 Å². The van der Waals surface area contributed by atoms with Gasteiger partial charge in [-0.1, -0.05) is 98.3 Å². The Morgan fingerprint density at radius 3 is 1.76 bits per heavy atom. The van der Waals surface area contributed by atoms with E-state index in [2.05, 4.69) is 27.7 Å². The highest BCUT2D eigenvalue weighted by atomic mass is 14.4. The van der Waals surface area contributed by atoms with Gasteiger partial charge in [0.1, 0.15) is 0 Å². The minimum Gasteiger partial charge on any atom is -0.0654 e. The van der Waals surface area contributed by atoms with E-state index >= 15 is 0 Å². The fourth-order valence-corrected chi connectivity index (χ4v) is 3.67. The molecule has 0 N–H and O–H groups in total. The Hall–Kier alpha value is 0. The zero-order chi connectivity index (χ0) is 15.6. The van der Waals surface area contributed by atoms with E-state index < -0.39 is 0 Å². The van der Waals surface area contributed by atoms with Gasteiger partial charge in [-0.2, -0.15) is 0 Å². The van der Waals surface area contributed by atoms with E-state index in [9.17, 15) is 0 Å². The lowest BCUT2D eigenvalue weighted by Gasteiger charge is -2.24. The second-order valence-electron chi connectivity index (χ2n) is 8.61. The van der Waals surface area contributed by atoms with Crippen molar-refractivity contribution in [1.82, 2.24) is 0 Å². The second-order valence-corrected chi connectivity index (χ2v) is 8.61. The van der Waals surface area contributed by atoms with Gasteiger partial charge in [0.15, 0.2) is 0 Å². The number of hydrogen-bond donors (Lipinski definition) is 0. The molecule has 0 aromatic rings. The summed E-state index contributed by atoms with van der Waals surface area (Å²) in [6, 6.07) is 0. The first-order valence-corrected chi connectivity index (χ1v) is 10.0. The Labute approximate surface area is 135 Å². The summed E-state index contributed by atoms with van der Waals surface area (Å²) in [6.07, 6.45) is 20.5. The summed E-state index contributed by atoms with van der Waals surface area (Å²) in [5.41, 5.74) is 0.594. The molecule has 0 aromatic heterocycles. The summed E-state index contributed by atoms with van der Waals surface area (Å²) in [6.45, 7) is 9.70. The Morgan fingerprint density at radius 1 is 0.762 bits per heavy atom. The molecule has 21 heavy (non-hydrogen) atoms. The summed E-state index contributed by atoms with van der Waals surface area (Å²) < 4.78 is 0. The van der Waals surface area contributed by atoms with Crippen LogP contribution in [0.2, 0.25) is 0 Å². The number of rotatable bonds is 14. The third-order valence-corrected chi connectivity index (χ3v) is 5.66. The third kappa shape index (κ3) is 10.4. The first kappa shape index (κ1) is 19.0. The molecule has 126 valence electrons. The van der Waals surface area contributed by atoms with Crippen LogP contribution in [0.3, 0.4) is 0 Å². The van der Waals surface area contributed by atoms with E-state index in [1.165, 1.54) is 89.9 Å². The molecular formula is C21H42.